The van der Waals surface area contributed by atoms with Gasteiger partial charge < -0.3 is 5.32 Å². The molecule has 1 fully saturated rings. The Morgan fingerprint density at radius 2 is 2.06 bits per heavy atom. The molecule has 1 N–H and O–H groups in total. The standard InChI is InChI=1S/C13H16Cl2FN/c14-11-2-3-12(15)10(8-11)9-13(16)4-1-6-17-7-5-13/h2-3,8,17H,1,4-7,9H2. The lowest BCUT2D eigenvalue weighted by molar-refractivity contribution is 0.144. The highest BCUT2D eigenvalue weighted by Gasteiger charge is 2.31. The van der Waals surface area contributed by atoms with Crippen LogP contribution in [0.3, 0.4) is 0 Å². The van der Waals surface area contributed by atoms with Crippen LogP contribution in [0.4, 0.5) is 4.39 Å². The molecule has 1 heterocycles. The van der Waals surface area contributed by atoms with Crippen molar-refractivity contribution in [1.29, 1.82) is 0 Å². The number of rotatable bonds is 2. The Morgan fingerprint density at radius 1 is 1.24 bits per heavy atom. The van der Waals surface area contributed by atoms with Crippen molar-refractivity contribution in [3.8, 4) is 0 Å². The van der Waals surface area contributed by atoms with Gasteiger partial charge in [0.25, 0.3) is 0 Å². The van der Waals surface area contributed by atoms with Crippen molar-refractivity contribution >= 4 is 23.2 Å². The first-order valence-corrected chi connectivity index (χ1v) is 6.68. The molecule has 0 bridgehead atoms. The van der Waals surface area contributed by atoms with Crippen LogP contribution in [0.1, 0.15) is 24.8 Å². The lowest BCUT2D eigenvalue weighted by Crippen LogP contribution is -2.27. The second kappa shape index (κ2) is 5.55. The molecule has 94 valence electrons. The molecular formula is C13H16Cl2FN. The molecule has 1 atom stereocenters. The van der Waals surface area contributed by atoms with Crippen LogP contribution in [0.2, 0.25) is 10.0 Å². The Kier molecular flexibility index (Phi) is 4.29. The zero-order valence-corrected chi connectivity index (χ0v) is 11.1. The summed E-state index contributed by atoms with van der Waals surface area (Å²) in [6.07, 6.45) is 2.35. The van der Waals surface area contributed by atoms with Crippen LogP contribution in [0.15, 0.2) is 18.2 Å². The predicted octanol–water partition coefficient (Wildman–Crippen LogP) is 4.02. The molecular weight excluding hydrogens is 260 g/mol. The van der Waals surface area contributed by atoms with Crippen molar-refractivity contribution in [2.45, 2.75) is 31.4 Å². The maximum absolute atomic E-state index is 14.7. The van der Waals surface area contributed by atoms with E-state index in [9.17, 15) is 4.39 Å². The van der Waals surface area contributed by atoms with Gasteiger partial charge >= 0.3 is 0 Å². The molecule has 0 aliphatic carbocycles. The number of benzene rings is 1. The number of halogens is 3. The van der Waals surface area contributed by atoms with Crippen molar-refractivity contribution in [3.05, 3.63) is 33.8 Å². The van der Waals surface area contributed by atoms with E-state index in [1.807, 2.05) is 0 Å². The number of hydrogen-bond acceptors (Lipinski definition) is 1. The monoisotopic (exact) mass is 275 g/mol. The first-order chi connectivity index (χ1) is 8.09. The van der Waals surface area contributed by atoms with Crippen LogP contribution in [0.5, 0.6) is 0 Å². The van der Waals surface area contributed by atoms with Gasteiger partial charge in [-0.25, -0.2) is 4.39 Å². The van der Waals surface area contributed by atoms with E-state index in [4.69, 9.17) is 23.2 Å². The van der Waals surface area contributed by atoms with Crippen molar-refractivity contribution in [2.24, 2.45) is 0 Å². The minimum absolute atomic E-state index is 0.355. The van der Waals surface area contributed by atoms with E-state index in [2.05, 4.69) is 5.32 Å². The van der Waals surface area contributed by atoms with E-state index in [1.54, 1.807) is 18.2 Å². The highest BCUT2D eigenvalue weighted by atomic mass is 35.5. The van der Waals surface area contributed by atoms with Gasteiger partial charge in [-0.2, -0.15) is 0 Å². The summed E-state index contributed by atoms with van der Waals surface area (Å²) in [6.45, 7) is 1.63. The Balaban J connectivity index is 2.15. The maximum Gasteiger partial charge on any atom is 0.116 e. The SMILES string of the molecule is FC1(Cc2cc(Cl)ccc2Cl)CCCNCC1. The third-order valence-corrected chi connectivity index (χ3v) is 3.85. The van der Waals surface area contributed by atoms with Crippen molar-refractivity contribution in [2.75, 3.05) is 13.1 Å². The summed E-state index contributed by atoms with van der Waals surface area (Å²) in [4.78, 5) is 0. The van der Waals surface area contributed by atoms with E-state index in [-0.39, 0.29) is 0 Å². The molecule has 0 spiro atoms. The third kappa shape index (κ3) is 3.57. The highest BCUT2D eigenvalue weighted by Crippen LogP contribution is 2.32. The van der Waals surface area contributed by atoms with Crippen molar-refractivity contribution in [3.63, 3.8) is 0 Å². The molecule has 1 saturated heterocycles. The Bertz CT molecular complexity index is 387. The molecule has 0 aromatic heterocycles. The molecule has 17 heavy (non-hydrogen) atoms. The molecule has 0 saturated carbocycles. The van der Waals surface area contributed by atoms with E-state index in [1.165, 1.54) is 0 Å². The normalized spacial score (nSPS) is 25.6. The van der Waals surface area contributed by atoms with Crippen LogP contribution in [0.25, 0.3) is 0 Å². The van der Waals surface area contributed by atoms with Gasteiger partial charge in [-0.1, -0.05) is 23.2 Å². The molecule has 4 heteroatoms. The fourth-order valence-electron chi connectivity index (χ4n) is 2.29. The van der Waals surface area contributed by atoms with Gasteiger partial charge in [-0.15, -0.1) is 0 Å². The summed E-state index contributed by atoms with van der Waals surface area (Å²) >= 11 is 12.0. The predicted molar refractivity (Wildman–Crippen MR) is 70.7 cm³/mol. The van der Waals surface area contributed by atoms with Crippen molar-refractivity contribution < 1.29 is 4.39 Å². The van der Waals surface area contributed by atoms with Gasteiger partial charge in [0.1, 0.15) is 5.67 Å². The largest absolute Gasteiger partial charge is 0.317 e. The van der Waals surface area contributed by atoms with Gasteiger partial charge in [-0.05, 0) is 56.1 Å². The van der Waals surface area contributed by atoms with E-state index in [0.29, 0.717) is 29.3 Å². The number of nitrogens with one attached hydrogen (secondary N) is 1. The van der Waals surface area contributed by atoms with Gasteiger partial charge in [0, 0.05) is 16.5 Å². The number of alkyl halides is 1. The second-order valence-electron chi connectivity index (χ2n) is 4.67. The molecule has 0 amide bonds. The van der Waals surface area contributed by atoms with Gasteiger partial charge in [-0.3, -0.25) is 0 Å². The molecule has 1 aromatic carbocycles. The first kappa shape index (κ1) is 13.1. The minimum atomic E-state index is -1.15. The van der Waals surface area contributed by atoms with Crippen LogP contribution in [0, 0.1) is 0 Å². The topological polar surface area (TPSA) is 12.0 Å². The van der Waals surface area contributed by atoms with E-state index < -0.39 is 5.67 Å². The minimum Gasteiger partial charge on any atom is -0.317 e. The van der Waals surface area contributed by atoms with Gasteiger partial charge in [0.2, 0.25) is 0 Å². The van der Waals surface area contributed by atoms with Crippen molar-refractivity contribution in [1.82, 2.24) is 5.32 Å². The van der Waals surface area contributed by atoms with Crippen LogP contribution in [-0.4, -0.2) is 18.8 Å². The summed E-state index contributed by atoms with van der Waals surface area (Å²) in [6, 6.07) is 5.23. The molecule has 1 unspecified atom stereocenters. The number of hydrogen-bond donors (Lipinski definition) is 1. The second-order valence-corrected chi connectivity index (χ2v) is 5.51. The Labute approximate surface area is 111 Å². The fourth-order valence-corrected chi connectivity index (χ4v) is 2.67. The Morgan fingerprint density at radius 3 is 2.88 bits per heavy atom. The van der Waals surface area contributed by atoms with Crippen LogP contribution >= 0.6 is 23.2 Å². The zero-order valence-electron chi connectivity index (χ0n) is 9.61. The summed E-state index contributed by atoms with van der Waals surface area (Å²) in [5.74, 6) is 0. The first-order valence-electron chi connectivity index (χ1n) is 5.93. The van der Waals surface area contributed by atoms with Gasteiger partial charge in [0.05, 0.1) is 0 Å². The van der Waals surface area contributed by atoms with E-state index in [0.717, 1.165) is 25.1 Å². The van der Waals surface area contributed by atoms with Crippen LogP contribution in [-0.2, 0) is 6.42 Å². The van der Waals surface area contributed by atoms with Crippen LogP contribution < -0.4 is 5.32 Å². The average Bonchev–Trinajstić information content (AvgIpc) is 2.49. The lowest BCUT2D eigenvalue weighted by Gasteiger charge is -2.23. The van der Waals surface area contributed by atoms with Gasteiger partial charge in [0.15, 0.2) is 0 Å². The maximum atomic E-state index is 14.7. The molecule has 1 aromatic rings. The summed E-state index contributed by atoms with van der Waals surface area (Å²) in [5.41, 5.74) is -0.346. The third-order valence-electron chi connectivity index (χ3n) is 3.24. The van der Waals surface area contributed by atoms with E-state index >= 15 is 0 Å². The smallest absolute Gasteiger partial charge is 0.116 e. The molecule has 0 radical (unpaired) electrons. The molecule has 2 rings (SSSR count). The molecule has 1 aliphatic rings. The summed E-state index contributed by atoms with van der Waals surface area (Å²) < 4.78 is 14.7. The average molecular weight is 276 g/mol. The Hall–Kier alpha value is -0.310. The zero-order chi connectivity index (χ0) is 12.3. The lowest BCUT2D eigenvalue weighted by atomic mass is 9.89. The summed E-state index contributed by atoms with van der Waals surface area (Å²) in [5, 5.41) is 4.43. The highest BCUT2D eigenvalue weighted by molar-refractivity contribution is 6.33. The quantitative estimate of drug-likeness (QED) is 0.860. The fraction of sp³-hybridized carbons (Fsp3) is 0.538. The summed E-state index contributed by atoms with van der Waals surface area (Å²) in [7, 11) is 0. The molecule has 1 aliphatic heterocycles. The molecule has 1 nitrogen and oxygen atoms in total.